The third-order valence-corrected chi connectivity index (χ3v) is 3.65. The number of thiophene rings is 1. The van der Waals surface area contributed by atoms with Crippen molar-refractivity contribution in [2.45, 2.75) is 33.6 Å². The highest BCUT2D eigenvalue weighted by Gasteiger charge is 2.14. The summed E-state index contributed by atoms with van der Waals surface area (Å²) in [4.78, 5) is 10.5. The molecule has 0 unspecified atom stereocenters. The molecule has 2 aromatic heterocycles. The van der Waals surface area contributed by atoms with Gasteiger partial charge in [-0.1, -0.05) is 19.9 Å². The predicted molar refractivity (Wildman–Crippen MR) is 78.3 cm³/mol. The molecule has 0 aliphatic carbocycles. The molecule has 0 amide bonds. The van der Waals surface area contributed by atoms with Crippen LogP contribution in [-0.2, 0) is 0 Å². The van der Waals surface area contributed by atoms with Crippen LogP contribution in [0.1, 0.15) is 38.1 Å². The highest BCUT2D eigenvalue weighted by atomic mass is 32.1. The van der Waals surface area contributed by atoms with Crippen LogP contribution in [0.5, 0.6) is 0 Å². The molecule has 2 rings (SSSR count). The van der Waals surface area contributed by atoms with Crippen LogP contribution in [0.4, 0.5) is 5.82 Å². The van der Waals surface area contributed by atoms with E-state index in [1.807, 2.05) is 0 Å². The van der Waals surface area contributed by atoms with Crippen LogP contribution >= 0.6 is 11.3 Å². The van der Waals surface area contributed by atoms with Crippen molar-refractivity contribution >= 4 is 17.2 Å². The van der Waals surface area contributed by atoms with E-state index in [4.69, 9.17) is 4.98 Å². The second-order valence-electron chi connectivity index (χ2n) is 4.57. The van der Waals surface area contributed by atoms with Crippen LogP contribution in [0.15, 0.2) is 17.5 Å². The first-order chi connectivity index (χ1) is 8.63. The molecule has 0 radical (unpaired) electrons. The number of rotatable bonds is 4. The van der Waals surface area contributed by atoms with Crippen molar-refractivity contribution in [3.05, 3.63) is 28.9 Å². The van der Waals surface area contributed by atoms with Crippen LogP contribution in [0.3, 0.4) is 0 Å². The van der Waals surface area contributed by atoms with Gasteiger partial charge in [0.2, 0.25) is 0 Å². The zero-order valence-corrected chi connectivity index (χ0v) is 12.1. The first-order valence-corrected chi connectivity index (χ1v) is 7.17. The van der Waals surface area contributed by atoms with Gasteiger partial charge in [0.1, 0.15) is 11.6 Å². The second kappa shape index (κ2) is 5.48. The van der Waals surface area contributed by atoms with Crippen molar-refractivity contribution in [2.75, 3.05) is 11.9 Å². The maximum atomic E-state index is 4.72. The summed E-state index contributed by atoms with van der Waals surface area (Å²) in [6.07, 6.45) is 0. The van der Waals surface area contributed by atoms with Gasteiger partial charge in [-0.25, -0.2) is 9.97 Å². The third-order valence-electron chi connectivity index (χ3n) is 2.78. The molecule has 0 aliphatic heterocycles. The van der Waals surface area contributed by atoms with E-state index in [9.17, 15) is 0 Å². The number of aromatic nitrogens is 2. The molecule has 0 aromatic carbocycles. The van der Waals surface area contributed by atoms with Gasteiger partial charge < -0.3 is 5.32 Å². The maximum Gasteiger partial charge on any atom is 0.134 e. The fraction of sp³-hybridized carbons (Fsp3) is 0.429. The fourth-order valence-electron chi connectivity index (χ4n) is 1.78. The van der Waals surface area contributed by atoms with Crippen LogP contribution in [0.2, 0.25) is 0 Å². The molecule has 0 aliphatic rings. The molecule has 0 saturated heterocycles. The number of hydrogen-bond acceptors (Lipinski definition) is 4. The summed E-state index contributed by atoms with van der Waals surface area (Å²) >= 11 is 1.72. The Morgan fingerprint density at radius 2 is 2.11 bits per heavy atom. The molecule has 0 fully saturated rings. The highest BCUT2D eigenvalue weighted by Crippen LogP contribution is 2.30. The molecule has 18 heavy (non-hydrogen) atoms. The summed E-state index contributed by atoms with van der Waals surface area (Å²) in [6.45, 7) is 9.29. The van der Waals surface area contributed by atoms with Crippen molar-refractivity contribution in [1.82, 2.24) is 9.97 Å². The number of nitrogens with one attached hydrogen (secondary N) is 1. The fourth-order valence-corrected chi connectivity index (χ4v) is 2.56. The second-order valence-corrected chi connectivity index (χ2v) is 5.51. The molecule has 0 saturated carbocycles. The average Bonchev–Trinajstić information content (AvgIpc) is 2.85. The Hall–Kier alpha value is -1.42. The van der Waals surface area contributed by atoms with Gasteiger partial charge in [-0.05, 0) is 25.3 Å². The molecule has 0 atom stereocenters. The molecule has 2 heterocycles. The summed E-state index contributed by atoms with van der Waals surface area (Å²) in [5.74, 6) is 2.20. The monoisotopic (exact) mass is 261 g/mol. The normalized spacial score (nSPS) is 10.9. The van der Waals surface area contributed by atoms with Crippen LogP contribution < -0.4 is 5.32 Å². The van der Waals surface area contributed by atoms with Crippen LogP contribution in [-0.4, -0.2) is 16.5 Å². The molecule has 0 spiro atoms. The van der Waals surface area contributed by atoms with Crippen molar-refractivity contribution < 1.29 is 0 Å². The zero-order chi connectivity index (χ0) is 13.1. The van der Waals surface area contributed by atoms with Gasteiger partial charge in [0, 0.05) is 18.0 Å². The Balaban J connectivity index is 2.57. The van der Waals surface area contributed by atoms with E-state index in [0.29, 0.717) is 5.92 Å². The lowest BCUT2D eigenvalue weighted by atomic mass is 10.1. The highest BCUT2D eigenvalue weighted by molar-refractivity contribution is 7.13. The van der Waals surface area contributed by atoms with Gasteiger partial charge in [-0.15, -0.1) is 11.3 Å². The zero-order valence-electron chi connectivity index (χ0n) is 11.3. The van der Waals surface area contributed by atoms with E-state index in [-0.39, 0.29) is 0 Å². The molecule has 0 bridgehead atoms. The SMILES string of the molecule is CCNc1nc(C(C)C)nc(-c2cccs2)c1C. The Kier molecular flexibility index (Phi) is 3.97. The minimum absolute atomic E-state index is 0.335. The average molecular weight is 261 g/mol. The van der Waals surface area contributed by atoms with E-state index >= 15 is 0 Å². The molecular formula is C14H19N3S. The molecule has 2 aromatic rings. The molecule has 96 valence electrons. The van der Waals surface area contributed by atoms with Crippen molar-refractivity contribution in [3.63, 3.8) is 0 Å². The van der Waals surface area contributed by atoms with E-state index in [2.05, 4.69) is 55.5 Å². The number of anilines is 1. The summed E-state index contributed by atoms with van der Waals surface area (Å²) in [5.41, 5.74) is 2.18. The first kappa shape index (κ1) is 13.0. The Labute approximate surface area is 112 Å². The Morgan fingerprint density at radius 1 is 1.33 bits per heavy atom. The van der Waals surface area contributed by atoms with Gasteiger partial charge >= 0.3 is 0 Å². The smallest absolute Gasteiger partial charge is 0.134 e. The summed E-state index contributed by atoms with van der Waals surface area (Å²) < 4.78 is 0. The Bertz CT molecular complexity index is 518. The Morgan fingerprint density at radius 3 is 2.67 bits per heavy atom. The molecule has 3 nitrogen and oxygen atoms in total. The molecular weight excluding hydrogens is 242 g/mol. The van der Waals surface area contributed by atoms with E-state index < -0.39 is 0 Å². The van der Waals surface area contributed by atoms with Crippen molar-refractivity contribution in [3.8, 4) is 10.6 Å². The van der Waals surface area contributed by atoms with Gasteiger partial charge in [-0.2, -0.15) is 0 Å². The van der Waals surface area contributed by atoms with Gasteiger partial charge in [-0.3, -0.25) is 0 Å². The maximum absolute atomic E-state index is 4.72. The third kappa shape index (κ3) is 2.53. The number of hydrogen-bond donors (Lipinski definition) is 1. The van der Waals surface area contributed by atoms with Crippen LogP contribution in [0.25, 0.3) is 10.6 Å². The lowest BCUT2D eigenvalue weighted by molar-refractivity contribution is 0.774. The minimum Gasteiger partial charge on any atom is -0.370 e. The number of nitrogens with zero attached hydrogens (tertiary/aromatic N) is 2. The van der Waals surface area contributed by atoms with Gasteiger partial charge in [0.25, 0.3) is 0 Å². The summed E-state index contributed by atoms with van der Waals surface area (Å²) in [5, 5.41) is 5.41. The lowest BCUT2D eigenvalue weighted by Crippen LogP contribution is -2.08. The van der Waals surface area contributed by atoms with E-state index in [0.717, 1.165) is 29.4 Å². The van der Waals surface area contributed by atoms with Crippen molar-refractivity contribution in [2.24, 2.45) is 0 Å². The predicted octanol–water partition coefficient (Wildman–Crippen LogP) is 4.07. The molecule has 4 heteroatoms. The summed E-state index contributed by atoms with van der Waals surface area (Å²) in [6, 6.07) is 4.17. The minimum atomic E-state index is 0.335. The van der Waals surface area contributed by atoms with Crippen LogP contribution in [0, 0.1) is 6.92 Å². The summed E-state index contributed by atoms with van der Waals surface area (Å²) in [7, 11) is 0. The lowest BCUT2D eigenvalue weighted by Gasteiger charge is -2.14. The quantitative estimate of drug-likeness (QED) is 0.901. The first-order valence-electron chi connectivity index (χ1n) is 6.29. The van der Waals surface area contributed by atoms with Gasteiger partial charge in [0.15, 0.2) is 0 Å². The van der Waals surface area contributed by atoms with Gasteiger partial charge in [0.05, 0.1) is 10.6 Å². The van der Waals surface area contributed by atoms with Crippen molar-refractivity contribution in [1.29, 1.82) is 0 Å². The largest absolute Gasteiger partial charge is 0.370 e. The standard InChI is InChI=1S/C14H19N3S/c1-5-15-14-10(4)12(11-7-6-8-18-11)16-13(17-14)9(2)3/h6-9H,5H2,1-4H3,(H,15,16,17). The van der Waals surface area contributed by atoms with E-state index in [1.165, 1.54) is 4.88 Å². The molecule has 1 N–H and O–H groups in total. The topological polar surface area (TPSA) is 37.8 Å². The van der Waals surface area contributed by atoms with E-state index in [1.54, 1.807) is 11.3 Å².